The minimum Gasteiger partial charge on any atom is -0.478 e. The van der Waals surface area contributed by atoms with Crippen LogP contribution in [0.5, 0.6) is 0 Å². The van der Waals surface area contributed by atoms with Gasteiger partial charge in [0.25, 0.3) is 0 Å². The molecule has 1 aromatic rings. The van der Waals surface area contributed by atoms with Crippen molar-refractivity contribution in [3.8, 4) is 0 Å². The molecule has 0 aliphatic carbocycles. The van der Waals surface area contributed by atoms with Crippen LogP contribution in [0, 0.1) is 0 Å². The summed E-state index contributed by atoms with van der Waals surface area (Å²) in [6, 6.07) is 3.86. The first-order valence-corrected chi connectivity index (χ1v) is 4.51. The van der Waals surface area contributed by atoms with E-state index in [1.807, 2.05) is 0 Å². The van der Waals surface area contributed by atoms with E-state index in [1.54, 1.807) is 6.08 Å². The van der Waals surface area contributed by atoms with Crippen molar-refractivity contribution in [1.29, 1.82) is 0 Å². The van der Waals surface area contributed by atoms with Gasteiger partial charge in [0.05, 0.1) is 11.1 Å². The summed E-state index contributed by atoms with van der Waals surface area (Å²) < 4.78 is 0. The molecule has 0 saturated carbocycles. The number of aromatic carboxylic acids is 2. The maximum Gasteiger partial charge on any atom is 0.335 e. The van der Waals surface area contributed by atoms with E-state index in [1.165, 1.54) is 12.1 Å². The lowest BCUT2D eigenvalue weighted by atomic mass is 10.1. The Hall–Kier alpha value is -2.30. The van der Waals surface area contributed by atoms with Crippen molar-refractivity contribution in [3.05, 3.63) is 42.0 Å². The number of rotatable bonds is 5. The topological polar surface area (TPSA) is 86.6 Å². The van der Waals surface area contributed by atoms with Gasteiger partial charge in [0.2, 0.25) is 0 Å². The van der Waals surface area contributed by atoms with Gasteiger partial charge in [-0.2, -0.15) is 0 Å². The second-order valence-corrected chi connectivity index (χ2v) is 3.08. The van der Waals surface area contributed by atoms with Crippen LogP contribution in [0.4, 0.5) is 5.69 Å². The number of nitrogens with one attached hydrogen (secondary N) is 1. The number of carboxylic acids is 2. The molecule has 0 amide bonds. The van der Waals surface area contributed by atoms with Crippen LogP contribution in [0.25, 0.3) is 0 Å². The summed E-state index contributed by atoms with van der Waals surface area (Å²) in [5.41, 5.74) is 0.315. The minimum atomic E-state index is -1.16. The summed E-state index contributed by atoms with van der Waals surface area (Å²) in [7, 11) is 0. The number of carboxylic acid groups (broad SMARTS) is 2. The van der Waals surface area contributed by atoms with Crippen LogP contribution in [-0.4, -0.2) is 28.7 Å². The Labute approximate surface area is 92.0 Å². The molecule has 1 aromatic carbocycles. The van der Waals surface area contributed by atoms with E-state index >= 15 is 0 Å². The fraction of sp³-hybridized carbons (Fsp3) is 0.0909. The molecular weight excluding hydrogens is 210 g/mol. The zero-order chi connectivity index (χ0) is 12.1. The average molecular weight is 221 g/mol. The molecule has 0 saturated heterocycles. The van der Waals surface area contributed by atoms with E-state index in [4.69, 9.17) is 10.2 Å². The molecule has 0 aliphatic heterocycles. The Morgan fingerprint density at radius 3 is 2.06 bits per heavy atom. The monoisotopic (exact) mass is 221 g/mol. The molecule has 0 aromatic heterocycles. The van der Waals surface area contributed by atoms with Crippen LogP contribution in [0.1, 0.15) is 20.7 Å². The molecule has 0 unspecified atom stereocenters. The Morgan fingerprint density at radius 1 is 1.19 bits per heavy atom. The number of anilines is 1. The summed E-state index contributed by atoms with van der Waals surface area (Å²) in [6.45, 7) is 3.93. The average Bonchev–Trinajstić information content (AvgIpc) is 2.25. The first-order valence-electron chi connectivity index (χ1n) is 4.51. The molecule has 5 nitrogen and oxygen atoms in total. The van der Waals surface area contributed by atoms with E-state index in [0.717, 1.165) is 6.07 Å². The molecule has 0 bridgehead atoms. The van der Waals surface area contributed by atoms with Gasteiger partial charge in [-0.05, 0) is 18.2 Å². The molecule has 1 rings (SSSR count). The summed E-state index contributed by atoms with van der Waals surface area (Å²) in [5.74, 6) is -2.32. The third kappa shape index (κ3) is 2.84. The second-order valence-electron chi connectivity index (χ2n) is 3.08. The number of hydrogen-bond acceptors (Lipinski definition) is 3. The number of carbonyl (C=O) groups is 2. The Kier molecular flexibility index (Phi) is 3.66. The van der Waals surface area contributed by atoms with Gasteiger partial charge in [0.1, 0.15) is 0 Å². The fourth-order valence-electron chi connectivity index (χ4n) is 1.17. The van der Waals surface area contributed by atoms with Gasteiger partial charge >= 0.3 is 11.9 Å². The highest BCUT2D eigenvalue weighted by Crippen LogP contribution is 2.15. The quantitative estimate of drug-likeness (QED) is 0.658. The minimum absolute atomic E-state index is 0.0635. The van der Waals surface area contributed by atoms with Crippen molar-refractivity contribution in [3.63, 3.8) is 0 Å². The van der Waals surface area contributed by atoms with Crippen LogP contribution < -0.4 is 5.32 Å². The zero-order valence-corrected chi connectivity index (χ0v) is 8.43. The smallest absolute Gasteiger partial charge is 0.335 e. The van der Waals surface area contributed by atoms with Crippen molar-refractivity contribution < 1.29 is 19.8 Å². The van der Waals surface area contributed by atoms with Gasteiger partial charge in [-0.25, -0.2) is 9.59 Å². The number of benzene rings is 1. The van der Waals surface area contributed by atoms with Crippen molar-refractivity contribution >= 4 is 17.6 Å². The highest BCUT2D eigenvalue weighted by atomic mass is 16.4. The van der Waals surface area contributed by atoms with Crippen LogP contribution in [0.3, 0.4) is 0 Å². The van der Waals surface area contributed by atoms with Crippen LogP contribution in [-0.2, 0) is 0 Å². The van der Waals surface area contributed by atoms with Crippen molar-refractivity contribution in [2.75, 3.05) is 11.9 Å². The van der Waals surface area contributed by atoms with Crippen molar-refractivity contribution in [2.24, 2.45) is 0 Å². The normalized spacial score (nSPS) is 9.50. The largest absolute Gasteiger partial charge is 0.478 e. The van der Waals surface area contributed by atoms with Crippen LogP contribution in [0.15, 0.2) is 30.9 Å². The highest BCUT2D eigenvalue weighted by molar-refractivity contribution is 5.95. The van der Waals surface area contributed by atoms with Gasteiger partial charge in [-0.3, -0.25) is 0 Å². The highest BCUT2D eigenvalue weighted by Gasteiger charge is 2.10. The molecule has 0 fully saturated rings. The van der Waals surface area contributed by atoms with Gasteiger partial charge in [0.15, 0.2) is 0 Å². The maximum atomic E-state index is 10.8. The molecule has 0 heterocycles. The Balaban J connectivity index is 3.13. The van der Waals surface area contributed by atoms with E-state index in [0.29, 0.717) is 12.2 Å². The predicted octanol–water partition coefficient (Wildman–Crippen LogP) is 1.68. The molecule has 0 radical (unpaired) electrons. The SMILES string of the molecule is C=CCNc1cc(C(=O)O)cc(C(=O)O)c1. The third-order valence-electron chi connectivity index (χ3n) is 1.88. The molecule has 0 aliphatic rings. The number of hydrogen-bond donors (Lipinski definition) is 3. The van der Waals surface area contributed by atoms with Gasteiger partial charge in [-0.1, -0.05) is 6.08 Å². The summed E-state index contributed by atoms with van der Waals surface area (Å²) in [6.07, 6.45) is 1.59. The molecule has 0 spiro atoms. The molecule has 5 heteroatoms. The molecule has 84 valence electrons. The maximum absolute atomic E-state index is 10.8. The second kappa shape index (κ2) is 4.97. The lowest BCUT2D eigenvalue weighted by Crippen LogP contribution is -2.06. The summed E-state index contributed by atoms with van der Waals surface area (Å²) in [4.78, 5) is 21.5. The summed E-state index contributed by atoms with van der Waals surface area (Å²) >= 11 is 0. The first kappa shape index (κ1) is 11.8. The standard InChI is InChI=1S/C11H11NO4/c1-2-3-12-9-5-7(10(13)14)4-8(6-9)11(15)16/h2,4-6,12H,1,3H2,(H,13,14)(H,15,16). The lowest BCUT2D eigenvalue weighted by molar-refractivity contribution is 0.0696. The van der Waals surface area contributed by atoms with E-state index in [2.05, 4.69) is 11.9 Å². The van der Waals surface area contributed by atoms with Crippen LogP contribution in [0.2, 0.25) is 0 Å². The molecule has 0 atom stereocenters. The van der Waals surface area contributed by atoms with Crippen LogP contribution >= 0.6 is 0 Å². The molecule has 3 N–H and O–H groups in total. The molecule has 16 heavy (non-hydrogen) atoms. The zero-order valence-electron chi connectivity index (χ0n) is 8.43. The Morgan fingerprint density at radius 2 is 1.69 bits per heavy atom. The van der Waals surface area contributed by atoms with E-state index < -0.39 is 11.9 Å². The Bertz CT molecular complexity index is 407. The lowest BCUT2D eigenvalue weighted by Gasteiger charge is -2.06. The third-order valence-corrected chi connectivity index (χ3v) is 1.88. The predicted molar refractivity (Wildman–Crippen MR) is 59.0 cm³/mol. The fourth-order valence-corrected chi connectivity index (χ4v) is 1.17. The van der Waals surface area contributed by atoms with E-state index in [9.17, 15) is 9.59 Å². The van der Waals surface area contributed by atoms with Gasteiger partial charge < -0.3 is 15.5 Å². The van der Waals surface area contributed by atoms with Crippen molar-refractivity contribution in [2.45, 2.75) is 0 Å². The van der Waals surface area contributed by atoms with Crippen molar-refractivity contribution in [1.82, 2.24) is 0 Å². The summed E-state index contributed by atoms with van der Waals surface area (Å²) in [5, 5.41) is 20.4. The first-order chi connectivity index (χ1) is 7.54. The van der Waals surface area contributed by atoms with E-state index in [-0.39, 0.29) is 11.1 Å². The van der Waals surface area contributed by atoms with Gasteiger partial charge in [0, 0.05) is 12.2 Å². The molecular formula is C11H11NO4. The van der Waals surface area contributed by atoms with Gasteiger partial charge in [-0.15, -0.1) is 6.58 Å².